The van der Waals surface area contributed by atoms with Crippen LogP contribution in [-0.2, 0) is 4.79 Å². The molecule has 6 heteroatoms. The first-order chi connectivity index (χ1) is 8.86. The number of hydrogen-bond acceptors (Lipinski definition) is 3. The smallest absolute Gasteiger partial charge is 0.337 e. The van der Waals surface area contributed by atoms with E-state index in [9.17, 15) is 9.59 Å². The highest BCUT2D eigenvalue weighted by Gasteiger charge is 2.22. The average Bonchev–Trinajstić information content (AvgIpc) is 2.28. The van der Waals surface area contributed by atoms with Crippen molar-refractivity contribution in [2.24, 2.45) is 17.6 Å². The minimum atomic E-state index is -1.09. The molecule has 1 atom stereocenters. The maximum absolute atomic E-state index is 12.1. The highest BCUT2D eigenvalue weighted by atomic mass is 79.9. The summed E-state index contributed by atoms with van der Waals surface area (Å²) in [4.78, 5) is 23.2. The maximum Gasteiger partial charge on any atom is 0.337 e. The zero-order valence-corrected chi connectivity index (χ0v) is 12.4. The number of rotatable bonds is 5. The highest BCUT2D eigenvalue weighted by Crippen LogP contribution is 2.23. The van der Waals surface area contributed by atoms with Gasteiger partial charge < -0.3 is 16.2 Å². The number of halogens is 1. The van der Waals surface area contributed by atoms with E-state index in [-0.39, 0.29) is 35.5 Å². The van der Waals surface area contributed by atoms with E-state index in [1.807, 2.05) is 13.8 Å². The van der Waals surface area contributed by atoms with E-state index in [0.29, 0.717) is 4.47 Å². The van der Waals surface area contributed by atoms with Crippen LogP contribution in [0.5, 0.6) is 0 Å². The summed E-state index contributed by atoms with van der Waals surface area (Å²) in [5.74, 6) is -1.61. The first-order valence-corrected chi connectivity index (χ1v) is 6.70. The Kier molecular flexibility index (Phi) is 5.50. The van der Waals surface area contributed by atoms with Gasteiger partial charge in [-0.2, -0.15) is 0 Å². The Morgan fingerprint density at radius 3 is 2.53 bits per heavy atom. The van der Waals surface area contributed by atoms with E-state index >= 15 is 0 Å². The third-order valence-electron chi connectivity index (χ3n) is 2.87. The fraction of sp³-hybridized carbons (Fsp3) is 0.385. The molecule has 5 nitrogen and oxygen atoms in total. The molecule has 4 N–H and O–H groups in total. The van der Waals surface area contributed by atoms with Gasteiger partial charge in [-0.1, -0.05) is 29.8 Å². The standard InChI is InChI=1S/C13H17BrN2O3/c1-7(2)10(6-15)12(17)16-11-5-8(14)3-4-9(11)13(18)19/h3-5,7,10H,6,15H2,1-2H3,(H,16,17)(H,18,19). The lowest BCUT2D eigenvalue weighted by atomic mass is 9.95. The van der Waals surface area contributed by atoms with Crippen LogP contribution in [-0.4, -0.2) is 23.5 Å². The molecule has 19 heavy (non-hydrogen) atoms. The molecule has 0 spiro atoms. The van der Waals surface area contributed by atoms with Gasteiger partial charge in [0.2, 0.25) is 5.91 Å². The highest BCUT2D eigenvalue weighted by molar-refractivity contribution is 9.10. The summed E-state index contributed by atoms with van der Waals surface area (Å²) in [7, 11) is 0. The van der Waals surface area contributed by atoms with Gasteiger partial charge >= 0.3 is 5.97 Å². The number of nitrogens with two attached hydrogens (primary N) is 1. The molecule has 104 valence electrons. The van der Waals surface area contributed by atoms with Crippen LogP contribution in [0, 0.1) is 11.8 Å². The lowest BCUT2D eigenvalue weighted by Gasteiger charge is -2.19. The molecule has 0 radical (unpaired) electrons. The summed E-state index contributed by atoms with van der Waals surface area (Å²) < 4.78 is 0.696. The maximum atomic E-state index is 12.1. The van der Waals surface area contributed by atoms with E-state index in [1.165, 1.54) is 6.07 Å². The first-order valence-electron chi connectivity index (χ1n) is 5.90. The Morgan fingerprint density at radius 1 is 1.42 bits per heavy atom. The number of benzene rings is 1. The number of carboxylic acids is 1. The number of hydrogen-bond donors (Lipinski definition) is 3. The van der Waals surface area contributed by atoms with Crippen LogP contribution in [0.2, 0.25) is 0 Å². The number of nitrogens with one attached hydrogen (secondary N) is 1. The van der Waals surface area contributed by atoms with E-state index in [2.05, 4.69) is 21.2 Å². The molecule has 0 aliphatic heterocycles. The third-order valence-corrected chi connectivity index (χ3v) is 3.36. The second-order valence-electron chi connectivity index (χ2n) is 4.57. The van der Waals surface area contributed by atoms with Gasteiger partial charge in [-0.3, -0.25) is 4.79 Å². The molecule has 0 aliphatic rings. The van der Waals surface area contributed by atoms with Gasteiger partial charge in [0.25, 0.3) is 0 Å². The number of carbonyl (C=O) groups excluding carboxylic acids is 1. The summed E-state index contributed by atoms with van der Waals surface area (Å²) in [6, 6.07) is 4.62. The van der Waals surface area contributed by atoms with Crippen LogP contribution in [0.15, 0.2) is 22.7 Å². The molecule has 1 aromatic rings. The Bertz CT molecular complexity index is 489. The molecule has 1 amide bonds. The van der Waals surface area contributed by atoms with Gasteiger partial charge in [-0.05, 0) is 24.1 Å². The van der Waals surface area contributed by atoms with Gasteiger partial charge in [0, 0.05) is 11.0 Å². The van der Waals surface area contributed by atoms with Crippen molar-refractivity contribution >= 4 is 33.5 Å². The van der Waals surface area contributed by atoms with Gasteiger partial charge in [-0.15, -0.1) is 0 Å². The number of carboxylic acid groups (broad SMARTS) is 1. The van der Waals surface area contributed by atoms with Crippen molar-refractivity contribution in [2.75, 3.05) is 11.9 Å². The van der Waals surface area contributed by atoms with Gasteiger partial charge in [0.1, 0.15) is 0 Å². The minimum absolute atomic E-state index is 0.0519. The van der Waals surface area contributed by atoms with Crippen LogP contribution >= 0.6 is 15.9 Å². The third kappa shape index (κ3) is 4.04. The largest absolute Gasteiger partial charge is 0.478 e. The quantitative estimate of drug-likeness (QED) is 0.773. The summed E-state index contributed by atoms with van der Waals surface area (Å²) in [6.07, 6.45) is 0. The van der Waals surface area contributed by atoms with Crippen molar-refractivity contribution in [3.05, 3.63) is 28.2 Å². The molecule has 0 heterocycles. The van der Waals surface area contributed by atoms with Crippen molar-refractivity contribution in [1.82, 2.24) is 0 Å². The number of carbonyl (C=O) groups is 2. The molecule has 0 fully saturated rings. The zero-order chi connectivity index (χ0) is 14.6. The molecule has 1 unspecified atom stereocenters. The Hall–Kier alpha value is -1.40. The molecule has 1 aromatic carbocycles. The van der Waals surface area contributed by atoms with Crippen molar-refractivity contribution in [3.8, 4) is 0 Å². The van der Waals surface area contributed by atoms with E-state index in [1.54, 1.807) is 12.1 Å². The molecule has 0 saturated carbocycles. The lowest BCUT2D eigenvalue weighted by Crippen LogP contribution is -2.33. The lowest BCUT2D eigenvalue weighted by molar-refractivity contribution is -0.120. The SMILES string of the molecule is CC(C)C(CN)C(=O)Nc1cc(Br)ccc1C(=O)O. The monoisotopic (exact) mass is 328 g/mol. The fourth-order valence-corrected chi connectivity index (χ4v) is 2.07. The van der Waals surface area contributed by atoms with Crippen LogP contribution < -0.4 is 11.1 Å². The van der Waals surface area contributed by atoms with E-state index in [4.69, 9.17) is 10.8 Å². The van der Waals surface area contributed by atoms with Gasteiger partial charge in [0.15, 0.2) is 0 Å². The van der Waals surface area contributed by atoms with Crippen LogP contribution in [0.1, 0.15) is 24.2 Å². The number of amides is 1. The summed E-state index contributed by atoms with van der Waals surface area (Å²) in [5, 5.41) is 11.7. The fourth-order valence-electron chi connectivity index (χ4n) is 1.71. The number of anilines is 1. The van der Waals surface area contributed by atoms with Crippen LogP contribution in [0.25, 0.3) is 0 Å². The second kappa shape index (κ2) is 6.68. The second-order valence-corrected chi connectivity index (χ2v) is 5.49. The summed E-state index contributed by atoms with van der Waals surface area (Å²) >= 11 is 3.25. The van der Waals surface area contributed by atoms with Crippen molar-refractivity contribution in [3.63, 3.8) is 0 Å². The average molecular weight is 329 g/mol. The molecule has 0 bridgehead atoms. The zero-order valence-electron chi connectivity index (χ0n) is 10.8. The Labute approximate surface area is 120 Å². The van der Waals surface area contributed by atoms with Crippen molar-refractivity contribution in [2.45, 2.75) is 13.8 Å². The minimum Gasteiger partial charge on any atom is -0.478 e. The first kappa shape index (κ1) is 15.7. The molecular weight excluding hydrogens is 312 g/mol. The molecule has 0 saturated heterocycles. The normalized spacial score (nSPS) is 12.3. The number of aromatic carboxylic acids is 1. The van der Waals surface area contributed by atoms with Crippen LogP contribution in [0.3, 0.4) is 0 Å². The molecule has 0 aliphatic carbocycles. The van der Waals surface area contributed by atoms with E-state index < -0.39 is 5.97 Å². The predicted octanol–water partition coefficient (Wildman–Crippen LogP) is 2.32. The predicted molar refractivity (Wildman–Crippen MR) is 77.1 cm³/mol. The van der Waals surface area contributed by atoms with E-state index in [0.717, 1.165) is 0 Å². The van der Waals surface area contributed by atoms with Gasteiger partial charge in [0.05, 0.1) is 17.2 Å². The Balaban J connectivity index is 3.01. The van der Waals surface area contributed by atoms with Crippen LogP contribution in [0.4, 0.5) is 5.69 Å². The molecular formula is C13H17BrN2O3. The summed E-state index contributed by atoms with van der Waals surface area (Å²) in [6.45, 7) is 4.02. The van der Waals surface area contributed by atoms with Crippen molar-refractivity contribution < 1.29 is 14.7 Å². The van der Waals surface area contributed by atoms with Crippen molar-refractivity contribution in [1.29, 1.82) is 0 Å². The Morgan fingerprint density at radius 2 is 2.05 bits per heavy atom. The summed E-state index contributed by atoms with van der Waals surface area (Å²) in [5.41, 5.74) is 5.89. The van der Waals surface area contributed by atoms with Gasteiger partial charge in [-0.25, -0.2) is 4.79 Å². The topological polar surface area (TPSA) is 92.4 Å². The molecule has 1 rings (SSSR count). The molecule has 0 aromatic heterocycles.